The summed E-state index contributed by atoms with van der Waals surface area (Å²) in [6, 6.07) is 49.5. The van der Waals surface area contributed by atoms with Crippen LogP contribution in [0.25, 0.3) is 49.3 Å². The number of nitrogens with zero attached hydrogens (tertiary/aromatic N) is 2. The molecule has 8 aromatic rings. The number of aromatic nitrogens is 2. The molecule has 0 radical (unpaired) electrons. The lowest BCUT2D eigenvalue weighted by molar-refractivity contribution is 1.01. The van der Waals surface area contributed by atoms with Gasteiger partial charge >= 0.3 is 0 Å². The van der Waals surface area contributed by atoms with Gasteiger partial charge in [0.1, 0.15) is 0 Å². The first-order chi connectivity index (χ1) is 20.8. The average molecular weight is 539 g/mol. The van der Waals surface area contributed by atoms with Gasteiger partial charge in [-0.25, -0.2) is 4.99 Å². The Labute approximate surface area is 242 Å². The van der Waals surface area contributed by atoms with Crippen molar-refractivity contribution in [3.8, 4) is 5.69 Å². The molecule has 0 saturated heterocycles. The summed E-state index contributed by atoms with van der Waals surface area (Å²) in [7, 11) is 0. The predicted molar refractivity (Wildman–Crippen MR) is 176 cm³/mol. The summed E-state index contributed by atoms with van der Waals surface area (Å²) in [5.74, 6) is 0. The van der Waals surface area contributed by atoms with Crippen LogP contribution in [0.5, 0.6) is 0 Å². The third kappa shape index (κ3) is 3.45. The van der Waals surface area contributed by atoms with Gasteiger partial charge in [-0.2, -0.15) is 0 Å². The largest absolute Gasteiger partial charge is 0.371 e. The van der Waals surface area contributed by atoms with Crippen molar-refractivity contribution >= 4 is 60.7 Å². The molecule has 2 aromatic heterocycles. The molecule has 9 rings (SSSR count). The normalized spacial score (nSPS) is 14.8. The van der Waals surface area contributed by atoms with Crippen LogP contribution in [0.2, 0.25) is 0 Å². The van der Waals surface area contributed by atoms with E-state index in [-0.39, 0.29) is 6.04 Å². The van der Waals surface area contributed by atoms with Crippen LogP contribution >= 0.6 is 0 Å². The molecular formula is C38H26N4. The molecule has 198 valence electrons. The zero-order valence-corrected chi connectivity index (χ0v) is 22.8. The lowest BCUT2D eigenvalue weighted by atomic mass is 9.94. The topological polar surface area (TPSA) is 45.1 Å². The maximum absolute atomic E-state index is 5.16. The van der Waals surface area contributed by atoms with Crippen molar-refractivity contribution in [1.29, 1.82) is 0 Å². The van der Waals surface area contributed by atoms with Gasteiger partial charge in [-0.15, -0.1) is 0 Å². The number of aromatic amines is 1. The Morgan fingerprint density at radius 1 is 0.548 bits per heavy atom. The van der Waals surface area contributed by atoms with Crippen LogP contribution in [0.1, 0.15) is 17.2 Å². The Hall–Kier alpha value is -5.61. The molecule has 3 heterocycles. The molecule has 1 aliphatic rings. The fourth-order valence-electron chi connectivity index (χ4n) is 6.60. The molecule has 0 fully saturated rings. The molecular weight excluding hydrogens is 512 g/mol. The molecule has 0 bridgehead atoms. The second-order valence-electron chi connectivity index (χ2n) is 11.0. The first-order valence-corrected chi connectivity index (χ1v) is 14.4. The minimum Gasteiger partial charge on any atom is -0.371 e. The minimum atomic E-state index is -0.0320. The van der Waals surface area contributed by atoms with Gasteiger partial charge in [-0.3, -0.25) is 0 Å². The van der Waals surface area contributed by atoms with E-state index in [1.807, 2.05) is 6.07 Å². The average Bonchev–Trinajstić information content (AvgIpc) is 3.58. The van der Waals surface area contributed by atoms with Crippen molar-refractivity contribution in [3.05, 3.63) is 151 Å². The minimum absolute atomic E-state index is 0.0320. The number of fused-ring (bicyclic) bond motifs is 7. The Morgan fingerprint density at radius 3 is 2.17 bits per heavy atom. The van der Waals surface area contributed by atoms with E-state index in [2.05, 4.69) is 148 Å². The third-order valence-corrected chi connectivity index (χ3v) is 8.57. The first-order valence-electron chi connectivity index (χ1n) is 14.4. The number of H-pyrrole nitrogens is 1. The second-order valence-corrected chi connectivity index (χ2v) is 11.0. The highest BCUT2D eigenvalue weighted by atomic mass is 15.0. The fraction of sp³-hybridized carbons (Fsp3) is 0.0263. The van der Waals surface area contributed by atoms with Crippen LogP contribution in [0, 0.1) is 0 Å². The Bertz CT molecular complexity index is 2320. The quantitative estimate of drug-likeness (QED) is 0.231. The van der Waals surface area contributed by atoms with Gasteiger partial charge in [0.2, 0.25) is 0 Å². The second kappa shape index (κ2) is 8.95. The highest BCUT2D eigenvalue weighted by Crippen LogP contribution is 2.39. The van der Waals surface area contributed by atoms with E-state index in [0.29, 0.717) is 0 Å². The molecule has 1 atom stereocenters. The summed E-state index contributed by atoms with van der Waals surface area (Å²) in [6.07, 6.45) is 0. The van der Waals surface area contributed by atoms with Crippen LogP contribution < -0.4 is 5.32 Å². The van der Waals surface area contributed by atoms with E-state index in [0.717, 1.165) is 39.4 Å². The van der Waals surface area contributed by atoms with Crippen molar-refractivity contribution in [1.82, 2.24) is 9.55 Å². The summed E-state index contributed by atoms with van der Waals surface area (Å²) >= 11 is 0. The van der Waals surface area contributed by atoms with Crippen LogP contribution in [-0.4, -0.2) is 15.3 Å². The van der Waals surface area contributed by atoms with Crippen LogP contribution in [-0.2, 0) is 0 Å². The van der Waals surface area contributed by atoms with Crippen molar-refractivity contribution in [2.45, 2.75) is 6.04 Å². The van der Waals surface area contributed by atoms with Gasteiger partial charge in [0.15, 0.2) is 0 Å². The van der Waals surface area contributed by atoms with Crippen LogP contribution in [0.4, 0.5) is 11.4 Å². The van der Waals surface area contributed by atoms with E-state index in [9.17, 15) is 0 Å². The third-order valence-electron chi connectivity index (χ3n) is 8.57. The lowest BCUT2D eigenvalue weighted by Gasteiger charge is -2.28. The fourth-order valence-corrected chi connectivity index (χ4v) is 6.60. The molecule has 0 amide bonds. The monoisotopic (exact) mass is 538 g/mol. The van der Waals surface area contributed by atoms with Gasteiger partial charge in [-0.05, 0) is 59.7 Å². The molecule has 4 nitrogen and oxygen atoms in total. The molecule has 0 aliphatic carbocycles. The number of nitrogens with one attached hydrogen (secondary N) is 2. The highest BCUT2D eigenvalue weighted by molar-refractivity contribution is 6.18. The molecule has 42 heavy (non-hydrogen) atoms. The van der Waals surface area contributed by atoms with Crippen molar-refractivity contribution in [2.75, 3.05) is 5.32 Å². The van der Waals surface area contributed by atoms with Crippen molar-refractivity contribution < 1.29 is 0 Å². The number of rotatable bonds is 3. The Kier molecular flexibility index (Phi) is 4.93. The number of anilines is 1. The number of benzene rings is 6. The van der Waals surface area contributed by atoms with E-state index in [1.165, 1.54) is 38.1 Å². The Balaban J connectivity index is 1.21. The number of para-hydroxylation sites is 4. The highest BCUT2D eigenvalue weighted by Gasteiger charge is 2.25. The first kappa shape index (κ1) is 23.1. The van der Waals surface area contributed by atoms with E-state index >= 15 is 0 Å². The maximum atomic E-state index is 5.16. The van der Waals surface area contributed by atoms with Crippen molar-refractivity contribution in [2.24, 2.45) is 4.99 Å². The molecule has 4 heteroatoms. The van der Waals surface area contributed by atoms with E-state index < -0.39 is 0 Å². The van der Waals surface area contributed by atoms with Crippen molar-refractivity contribution in [3.63, 3.8) is 0 Å². The van der Waals surface area contributed by atoms with Gasteiger partial charge in [0.25, 0.3) is 0 Å². The summed E-state index contributed by atoms with van der Waals surface area (Å²) in [5.41, 5.74) is 11.2. The molecule has 6 aromatic carbocycles. The molecule has 0 saturated carbocycles. The SMILES string of the molecule is c1ccc(C2Nc3ccccc3N=C2c2ccc(-n3c4ccccc4c4cc5c(cc43)[nH]c3ccccc35)cc2)cc1. The summed E-state index contributed by atoms with van der Waals surface area (Å²) < 4.78 is 2.38. The number of aliphatic imine (C=N–C) groups is 1. The molecule has 1 aliphatic heterocycles. The maximum Gasteiger partial charge on any atom is 0.0947 e. The number of hydrogen-bond donors (Lipinski definition) is 2. The summed E-state index contributed by atoms with van der Waals surface area (Å²) in [5, 5.41) is 8.77. The molecule has 2 N–H and O–H groups in total. The van der Waals surface area contributed by atoms with Crippen LogP contribution in [0.15, 0.2) is 145 Å². The van der Waals surface area contributed by atoms with Gasteiger partial charge in [0, 0.05) is 38.3 Å². The van der Waals surface area contributed by atoms with Gasteiger partial charge in [0.05, 0.1) is 34.2 Å². The number of hydrogen-bond acceptors (Lipinski definition) is 2. The lowest BCUT2D eigenvalue weighted by Crippen LogP contribution is -2.24. The predicted octanol–water partition coefficient (Wildman–Crippen LogP) is 9.71. The summed E-state index contributed by atoms with van der Waals surface area (Å²) in [6.45, 7) is 0. The van der Waals surface area contributed by atoms with E-state index in [1.54, 1.807) is 0 Å². The zero-order chi connectivity index (χ0) is 27.6. The summed E-state index contributed by atoms with van der Waals surface area (Å²) in [4.78, 5) is 8.80. The van der Waals surface area contributed by atoms with Gasteiger partial charge in [-0.1, -0.05) is 91.0 Å². The van der Waals surface area contributed by atoms with Gasteiger partial charge < -0.3 is 14.9 Å². The Morgan fingerprint density at radius 2 is 1.29 bits per heavy atom. The van der Waals surface area contributed by atoms with E-state index in [4.69, 9.17) is 4.99 Å². The standard InChI is InChI=1S/C38H26N4/c1-2-10-24(11-3-1)37-38(41-33-16-8-7-15-32(33)40-37)25-18-20-26(21-19-25)42-35-17-9-5-13-28(35)30-22-29-27-12-4-6-14-31(27)39-34(29)23-36(30)42/h1-23,37,39-40H. The smallest absolute Gasteiger partial charge is 0.0947 e. The molecule has 0 spiro atoms. The zero-order valence-electron chi connectivity index (χ0n) is 22.8. The van der Waals surface area contributed by atoms with Crippen LogP contribution in [0.3, 0.4) is 0 Å². The molecule has 1 unspecified atom stereocenters.